The molecule has 1 unspecified atom stereocenters. The van der Waals surface area contributed by atoms with Gasteiger partial charge in [-0.1, -0.05) is 34.5 Å². The van der Waals surface area contributed by atoms with Crippen LogP contribution in [0, 0.1) is 0 Å². The fourth-order valence-corrected chi connectivity index (χ4v) is 4.97. The maximum Gasteiger partial charge on any atom is 0.328 e. The number of aliphatic hydroxyl groups excluding tert-OH is 2. The summed E-state index contributed by atoms with van der Waals surface area (Å²) >= 11 is 13.3. The van der Waals surface area contributed by atoms with Crippen LogP contribution in [-0.2, 0) is 10.2 Å². The van der Waals surface area contributed by atoms with Gasteiger partial charge in [0.05, 0.1) is 12.8 Å². The van der Waals surface area contributed by atoms with Crippen molar-refractivity contribution in [2.75, 3.05) is 36.5 Å². The van der Waals surface area contributed by atoms with Gasteiger partial charge in [0.15, 0.2) is 11.2 Å². The molecule has 3 amide bonds. The summed E-state index contributed by atoms with van der Waals surface area (Å²) in [4.78, 5) is 32.4. The summed E-state index contributed by atoms with van der Waals surface area (Å²) in [6.45, 7) is 0.463. The van der Waals surface area contributed by atoms with E-state index in [1.54, 1.807) is 17.0 Å². The lowest BCUT2D eigenvalue weighted by atomic mass is 9.81. The van der Waals surface area contributed by atoms with Crippen LogP contribution in [0.3, 0.4) is 0 Å². The number of hydrogen-bond donors (Lipinski definition) is 3. The molecule has 2 aromatic rings. The molecule has 11 heteroatoms. The second-order valence-electron chi connectivity index (χ2n) is 7.14. The standard InChI is InChI=1S/C18H18Cl2N4O4S/c19-10-1-2-12-11(5-10)18(3-4-23(8-18)15(27)13(26)7-25)9-24(12)17(28)22-16-21-6-14(20)29-16/h1-2,5-6,13,25-26H,3-4,7-9H2,(H,21,22,28)/t13-,18?/m1/s1. The molecule has 4 rings (SSSR count). The van der Waals surface area contributed by atoms with Crippen LogP contribution < -0.4 is 10.2 Å². The summed E-state index contributed by atoms with van der Waals surface area (Å²) in [5.41, 5.74) is 1.10. The maximum absolute atomic E-state index is 12.9. The Balaban J connectivity index is 1.62. The van der Waals surface area contributed by atoms with E-state index < -0.39 is 24.0 Å². The summed E-state index contributed by atoms with van der Waals surface area (Å²) in [6, 6.07) is 4.97. The van der Waals surface area contributed by atoms with Gasteiger partial charge in [-0.3, -0.25) is 15.0 Å². The molecule has 1 spiro atoms. The van der Waals surface area contributed by atoms with E-state index in [9.17, 15) is 14.7 Å². The number of amides is 3. The van der Waals surface area contributed by atoms with Crippen molar-refractivity contribution in [2.45, 2.75) is 17.9 Å². The number of rotatable bonds is 3. The first kappa shape index (κ1) is 20.4. The molecule has 0 bridgehead atoms. The van der Waals surface area contributed by atoms with Crippen molar-refractivity contribution in [1.29, 1.82) is 0 Å². The molecule has 8 nitrogen and oxygen atoms in total. The normalized spacial score (nSPS) is 21.5. The topological polar surface area (TPSA) is 106 Å². The fraction of sp³-hybridized carbons (Fsp3) is 0.389. The third-order valence-electron chi connectivity index (χ3n) is 5.34. The average molecular weight is 457 g/mol. The number of aliphatic hydroxyl groups is 2. The lowest BCUT2D eigenvalue weighted by Crippen LogP contribution is -2.44. The summed E-state index contributed by atoms with van der Waals surface area (Å²) in [5, 5.41) is 22.5. The van der Waals surface area contributed by atoms with Crippen LogP contribution in [0.15, 0.2) is 24.4 Å². The Hall–Kier alpha value is -1.91. The van der Waals surface area contributed by atoms with Crippen LogP contribution in [-0.4, -0.2) is 64.4 Å². The molecule has 29 heavy (non-hydrogen) atoms. The number of nitrogens with zero attached hydrogens (tertiary/aromatic N) is 3. The van der Waals surface area contributed by atoms with Crippen LogP contribution in [0.2, 0.25) is 9.36 Å². The van der Waals surface area contributed by atoms with Crippen LogP contribution in [0.25, 0.3) is 0 Å². The predicted molar refractivity (Wildman–Crippen MR) is 111 cm³/mol. The number of nitrogens with one attached hydrogen (secondary N) is 1. The molecule has 2 aliphatic heterocycles. The Labute approximate surface area is 180 Å². The van der Waals surface area contributed by atoms with Crippen molar-refractivity contribution in [3.63, 3.8) is 0 Å². The minimum Gasteiger partial charge on any atom is -0.393 e. The molecule has 3 heterocycles. The number of carbonyl (C=O) groups is 2. The number of fused-ring (bicyclic) bond motifs is 2. The Kier molecular flexibility index (Phi) is 5.43. The van der Waals surface area contributed by atoms with Gasteiger partial charge in [-0.15, -0.1) is 0 Å². The second kappa shape index (κ2) is 7.73. The highest BCUT2D eigenvalue weighted by Gasteiger charge is 2.50. The number of urea groups is 1. The van der Waals surface area contributed by atoms with E-state index in [0.717, 1.165) is 16.9 Å². The van der Waals surface area contributed by atoms with E-state index in [1.807, 2.05) is 6.07 Å². The van der Waals surface area contributed by atoms with E-state index in [-0.39, 0.29) is 6.03 Å². The van der Waals surface area contributed by atoms with Crippen molar-refractivity contribution in [1.82, 2.24) is 9.88 Å². The van der Waals surface area contributed by atoms with Crippen molar-refractivity contribution in [2.24, 2.45) is 0 Å². The SMILES string of the molecule is O=C([C@H](O)CO)N1CCC2(C1)CN(C(=O)Nc1ncc(Cl)s1)c1ccc(Cl)cc12. The molecule has 1 fully saturated rings. The molecule has 1 aromatic heterocycles. The van der Waals surface area contributed by atoms with Crippen LogP contribution in [0.4, 0.5) is 15.6 Å². The number of carbonyl (C=O) groups excluding carboxylic acids is 2. The van der Waals surface area contributed by atoms with Crippen molar-refractivity contribution in [3.8, 4) is 0 Å². The van der Waals surface area contributed by atoms with Gasteiger partial charge in [-0.05, 0) is 30.2 Å². The predicted octanol–water partition coefficient (Wildman–Crippen LogP) is 2.33. The Morgan fingerprint density at radius 2 is 2.14 bits per heavy atom. The van der Waals surface area contributed by atoms with Crippen molar-refractivity contribution < 1.29 is 19.8 Å². The molecule has 1 aromatic carbocycles. The van der Waals surface area contributed by atoms with Crippen molar-refractivity contribution in [3.05, 3.63) is 39.3 Å². The number of thiazole rings is 1. The summed E-state index contributed by atoms with van der Waals surface area (Å²) < 4.78 is 0.470. The van der Waals surface area contributed by atoms with Gasteiger partial charge in [-0.25, -0.2) is 9.78 Å². The highest BCUT2D eigenvalue weighted by molar-refractivity contribution is 7.19. The second-order valence-corrected chi connectivity index (χ2v) is 9.23. The van der Waals surface area contributed by atoms with Gasteiger partial charge >= 0.3 is 6.03 Å². The number of anilines is 2. The number of aromatic nitrogens is 1. The van der Waals surface area contributed by atoms with E-state index in [1.165, 1.54) is 11.1 Å². The quantitative estimate of drug-likeness (QED) is 0.656. The largest absolute Gasteiger partial charge is 0.393 e. The molecule has 154 valence electrons. The maximum atomic E-state index is 12.9. The summed E-state index contributed by atoms with van der Waals surface area (Å²) in [6.07, 6.45) is 0.629. The summed E-state index contributed by atoms with van der Waals surface area (Å²) in [5.74, 6) is -0.520. The van der Waals surface area contributed by atoms with E-state index in [0.29, 0.717) is 46.2 Å². The smallest absolute Gasteiger partial charge is 0.328 e. The molecular formula is C18H18Cl2N4O4S. The Bertz CT molecular complexity index is 971. The first-order valence-corrected chi connectivity index (χ1v) is 10.5. The van der Waals surface area contributed by atoms with Gasteiger partial charge in [0.25, 0.3) is 5.91 Å². The fourth-order valence-electron chi connectivity index (χ4n) is 3.99. The number of likely N-dealkylation sites (tertiary alicyclic amines) is 1. The zero-order valence-electron chi connectivity index (χ0n) is 15.1. The average Bonchev–Trinajstić information content (AvgIpc) is 3.39. The lowest BCUT2D eigenvalue weighted by Gasteiger charge is -2.26. The van der Waals surface area contributed by atoms with Crippen LogP contribution >= 0.6 is 34.5 Å². The van der Waals surface area contributed by atoms with Crippen LogP contribution in [0.1, 0.15) is 12.0 Å². The summed E-state index contributed by atoms with van der Waals surface area (Å²) in [7, 11) is 0. The number of hydrogen-bond acceptors (Lipinski definition) is 6. The molecule has 2 atom stereocenters. The molecule has 2 aliphatic rings. The minimum atomic E-state index is -1.44. The van der Waals surface area contributed by atoms with Gasteiger partial charge in [0.2, 0.25) is 0 Å². The molecule has 0 saturated carbocycles. The lowest BCUT2D eigenvalue weighted by molar-refractivity contribution is -0.141. The number of halogens is 2. The van der Waals surface area contributed by atoms with E-state index in [2.05, 4.69) is 10.3 Å². The number of benzene rings is 1. The Morgan fingerprint density at radius 1 is 1.34 bits per heavy atom. The third-order valence-corrected chi connectivity index (χ3v) is 6.61. The van der Waals surface area contributed by atoms with Crippen LogP contribution in [0.5, 0.6) is 0 Å². The molecule has 3 N–H and O–H groups in total. The molecule has 1 saturated heterocycles. The first-order valence-electron chi connectivity index (χ1n) is 8.90. The van der Waals surface area contributed by atoms with Gasteiger partial charge < -0.3 is 15.1 Å². The van der Waals surface area contributed by atoms with E-state index in [4.69, 9.17) is 28.3 Å². The molecular weight excluding hydrogens is 439 g/mol. The zero-order valence-corrected chi connectivity index (χ0v) is 17.5. The van der Waals surface area contributed by atoms with Gasteiger partial charge in [0, 0.05) is 35.8 Å². The zero-order chi connectivity index (χ0) is 20.8. The molecule has 0 radical (unpaired) electrons. The molecule has 0 aliphatic carbocycles. The van der Waals surface area contributed by atoms with Gasteiger partial charge in [-0.2, -0.15) is 0 Å². The minimum absolute atomic E-state index is 0.323. The highest BCUT2D eigenvalue weighted by atomic mass is 35.5. The highest BCUT2D eigenvalue weighted by Crippen LogP contribution is 2.47. The third kappa shape index (κ3) is 3.69. The Morgan fingerprint density at radius 3 is 2.83 bits per heavy atom. The van der Waals surface area contributed by atoms with Crippen molar-refractivity contribution >= 4 is 57.3 Å². The van der Waals surface area contributed by atoms with Gasteiger partial charge in [0.1, 0.15) is 4.34 Å². The monoisotopic (exact) mass is 456 g/mol. The van der Waals surface area contributed by atoms with E-state index >= 15 is 0 Å². The first-order chi connectivity index (χ1) is 13.8.